The van der Waals surface area contributed by atoms with Crippen molar-refractivity contribution in [1.29, 1.82) is 0 Å². The smallest absolute Gasteiger partial charge is 0.111 e. The van der Waals surface area contributed by atoms with Crippen LogP contribution in [0, 0.1) is 0 Å². The van der Waals surface area contributed by atoms with Gasteiger partial charge in [0.1, 0.15) is 5.82 Å². The minimum atomic E-state index is 0.595. The van der Waals surface area contributed by atoms with Crippen LogP contribution < -0.4 is 0 Å². The maximum Gasteiger partial charge on any atom is 0.111 e. The number of aromatic nitrogens is 2. The van der Waals surface area contributed by atoms with Crippen molar-refractivity contribution in [3.63, 3.8) is 0 Å². The quantitative estimate of drug-likeness (QED) is 0.775. The molecule has 0 N–H and O–H groups in total. The molecule has 1 saturated heterocycles. The summed E-state index contributed by atoms with van der Waals surface area (Å²) >= 11 is 14.0. The highest BCUT2D eigenvalue weighted by Crippen LogP contribution is 2.21. The molecule has 1 fully saturated rings. The highest BCUT2D eigenvalue weighted by atomic mass is 35.5. The molecular formula is C15H19Cl2N3S. The van der Waals surface area contributed by atoms with Crippen molar-refractivity contribution in [2.75, 3.05) is 37.0 Å². The van der Waals surface area contributed by atoms with Gasteiger partial charge >= 0.3 is 0 Å². The molecule has 114 valence electrons. The number of thioether (sulfide) groups is 1. The number of aryl methyl sites for hydroxylation is 1. The number of rotatable bonds is 5. The second-order valence-corrected chi connectivity index (χ2v) is 7.24. The van der Waals surface area contributed by atoms with E-state index in [0.29, 0.717) is 5.88 Å². The third-order valence-electron chi connectivity index (χ3n) is 3.85. The average Bonchev–Trinajstić information content (AvgIpc) is 2.83. The highest BCUT2D eigenvalue weighted by Gasteiger charge is 2.14. The van der Waals surface area contributed by atoms with Gasteiger partial charge in [0, 0.05) is 55.0 Å². The third kappa shape index (κ3) is 3.67. The Hall–Kier alpha value is -0.420. The number of nitrogens with zero attached hydrogens (tertiary/aromatic N) is 3. The second kappa shape index (κ2) is 7.23. The molecule has 0 unspecified atom stereocenters. The Kier molecular flexibility index (Phi) is 5.33. The zero-order chi connectivity index (χ0) is 14.7. The Labute approximate surface area is 139 Å². The summed E-state index contributed by atoms with van der Waals surface area (Å²) in [7, 11) is 0. The summed E-state index contributed by atoms with van der Waals surface area (Å²) in [6.07, 6.45) is 0.795. The van der Waals surface area contributed by atoms with Crippen molar-refractivity contribution in [3.05, 3.63) is 29.0 Å². The molecule has 1 aromatic carbocycles. The summed E-state index contributed by atoms with van der Waals surface area (Å²) < 4.78 is 2.30. The van der Waals surface area contributed by atoms with Gasteiger partial charge in [-0.1, -0.05) is 11.6 Å². The fraction of sp³-hybridized carbons (Fsp3) is 0.533. The van der Waals surface area contributed by atoms with Gasteiger partial charge in [-0.3, -0.25) is 4.90 Å². The van der Waals surface area contributed by atoms with Crippen LogP contribution in [0.15, 0.2) is 18.2 Å². The van der Waals surface area contributed by atoms with E-state index < -0.39 is 0 Å². The first-order chi connectivity index (χ1) is 10.3. The summed E-state index contributed by atoms with van der Waals surface area (Å²) in [6.45, 7) is 4.42. The number of halogens is 2. The molecule has 1 aromatic heterocycles. The molecule has 0 saturated carbocycles. The van der Waals surface area contributed by atoms with Crippen LogP contribution in [-0.2, 0) is 13.0 Å². The van der Waals surface area contributed by atoms with E-state index in [2.05, 4.69) is 15.5 Å². The number of imidazole rings is 1. The largest absolute Gasteiger partial charge is 0.327 e. The Morgan fingerprint density at radius 1 is 1.19 bits per heavy atom. The van der Waals surface area contributed by atoms with E-state index in [4.69, 9.17) is 28.2 Å². The Balaban J connectivity index is 1.82. The molecule has 0 amide bonds. The highest BCUT2D eigenvalue weighted by molar-refractivity contribution is 7.99. The fourth-order valence-electron chi connectivity index (χ4n) is 2.74. The molecule has 2 heterocycles. The number of hydrogen-bond acceptors (Lipinski definition) is 3. The summed E-state index contributed by atoms with van der Waals surface area (Å²) in [5.41, 5.74) is 2.13. The van der Waals surface area contributed by atoms with Crippen LogP contribution in [0.5, 0.6) is 0 Å². The van der Waals surface area contributed by atoms with Crippen LogP contribution in [0.4, 0.5) is 0 Å². The number of alkyl halides is 1. The number of benzene rings is 1. The molecule has 0 spiro atoms. The minimum Gasteiger partial charge on any atom is -0.327 e. The van der Waals surface area contributed by atoms with Gasteiger partial charge in [-0.15, -0.1) is 11.6 Å². The zero-order valence-electron chi connectivity index (χ0n) is 11.9. The van der Waals surface area contributed by atoms with Crippen LogP contribution in [0.1, 0.15) is 5.82 Å². The van der Waals surface area contributed by atoms with Crippen molar-refractivity contribution in [1.82, 2.24) is 14.5 Å². The Morgan fingerprint density at radius 3 is 2.76 bits per heavy atom. The maximum absolute atomic E-state index is 6.07. The lowest BCUT2D eigenvalue weighted by atomic mass is 10.3. The Morgan fingerprint density at radius 2 is 2.00 bits per heavy atom. The minimum absolute atomic E-state index is 0.595. The van der Waals surface area contributed by atoms with Crippen molar-refractivity contribution in [3.8, 4) is 0 Å². The molecule has 0 atom stereocenters. The summed E-state index contributed by atoms with van der Waals surface area (Å²) in [4.78, 5) is 7.23. The van der Waals surface area contributed by atoms with E-state index in [-0.39, 0.29) is 0 Å². The summed E-state index contributed by atoms with van der Waals surface area (Å²) in [5.74, 6) is 4.15. The van der Waals surface area contributed by atoms with E-state index in [1.807, 2.05) is 23.9 Å². The van der Waals surface area contributed by atoms with E-state index in [1.165, 1.54) is 24.6 Å². The zero-order valence-corrected chi connectivity index (χ0v) is 14.2. The van der Waals surface area contributed by atoms with Crippen LogP contribution in [0.3, 0.4) is 0 Å². The molecule has 6 heteroatoms. The predicted molar refractivity (Wildman–Crippen MR) is 92.9 cm³/mol. The van der Waals surface area contributed by atoms with Crippen molar-refractivity contribution >= 4 is 46.0 Å². The lowest BCUT2D eigenvalue weighted by molar-refractivity contribution is 0.289. The summed E-state index contributed by atoms with van der Waals surface area (Å²) in [6, 6.07) is 5.93. The van der Waals surface area contributed by atoms with Crippen LogP contribution >= 0.6 is 35.0 Å². The van der Waals surface area contributed by atoms with Crippen molar-refractivity contribution in [2.45, 2.75) is 13.0 Å². The van der Waals surface area contributed by atoms with E-state index >= 15 is 0 Å². The molecule has 0 bridgehead atoms. The second-order valence-electron chi connectivity index (χ2n) is 5.21. The van der Waals surface area contributed by atoms with Gasteiger partial charge in [-0.25, -0.2) is 4.98 Å². The molecule has 0 radical (unpaired) electrons. The van der Waals surface area contributed by atoms with Gasteiger partial charge in [0.15, 0.2) is 0 Å². The van der Waals surface area contributed by atoms with Crippen LogP contribution in [0.25, 0.3) is 11.0 Å². The molecule has 0 aliphatic carbocycles. The fourth-order valence-corrected chi connectivity index (χ4v) is 4.06. The van der Waals surface area contributed by atoms with Crippen LogP contribution in [0.2, 0.25) is 5.02 Å². The Bertz CT molecular complexity index is 608. The number of hydrogen-bond donors (Lipinski definition) is 0. The van der Waals surface area contributed by atoms with Crippen LogP contribution in [-0.4, -0.2) is 51.5 Å². The van der Waals surface area contributed by atoms with Gasteiger partial charge in [0.2, 0.25) is 0 Å². The molecule has 1 aliphatic heterocycles. The molecule has 3 rings (SSSR count). The standard InChI is InChI=1S/C15H19Cl2N3S/c16-4-3-15-18-13-11-12(17)1-2-14(13)20(15)6-5-19-7-9-21-10-8-19/h1-2,11H,3-10H2. The monoisotopic (exact) mass is 343 g/mol. The van der Waals surface area contributed by atoms with E-state index in [9.17, 15) is 0 Å². The van der Waals surface area contributed by atoms with E-state index in [0.717, 1.165) is 41.4 Å². The van der Waals surface area contributed by atoms with Gasteiger partial charge in [-0.2, -0.15) is 11.8 Å². The lowest BCUT2D eigenvalue weighted by Gasteiger charge is -2.26. The molecule has 2 aromatic rings. The first-order valence-corrected chi connectivity index (χ1v) is 9.35. The molecule has 1 aliphatic rings. The lowest BCUT2D eigenvalue weighted by Crippen LogP contribution is -2.35. The maximum atomic E-state index is 6.07. The molecular weight excluding hydrogens is 325 g/mol. The molecule has 21 heavy (non-hydrogen) atoms. The van der Waals surface area contributed by atoms with Crippen molar-refractivity contribution in [2.24, 2.45) is 0 Å². The topological polar surface area (TPSA) is 21.1 Å². The van der Waals surface area contributed by atoms with Gasteiger partial charge in [0.05, 0.1) is 11.0 Å². The molecule has 3 nitrogen and oxygen atoms in total. The first-order valence-electron chi connectivity index (χ1n) is 7.28. The van der Waals surface area contributed by atoms with E-state index in [1.54, 1.807) is 0 Å². The normalized spacial score (nSPS) is 16.7. The van der Waals surface area contributed by atoms with Gasteiger partial charge < -0.3 is 4.57 Å². The summed E-state index contributed by atoms with van der Waals surface area (Å²) in [5, 5.41) is 0.734. The van der Waals surface area contributed by atoms with Crippen molar-refractivity contribution < 1.29 is 0 Å². The third-order valence-corrected chi connectivity index (χ3v) is 5.22. The number of fused-ring (bicyclic) bond motifs is 1. The van der Waals surface area contributed by atoms with Gasteiger partial charge in [0.25, 0.3) is 0 Å². The SMILES string of the molecule is ClCCc1nc2cc(Cl)ccc2n1CCN1CCSCC1. The first kappa shape index (κ1) is 15.5. The predicted octanol–water partition coefficient (Wildman–Crippen LogP) is 3.52. The average molecular weight is 344 g/mol. The van der Waals surface area contributed by atoms with Gasteiger partial charge in [-0.05, 0) is 18.2 Å².